The fraction of sp³-hybridized carbons (Fsp3) is 0.375. The molecule has 0 aromatic carbocycles. The van der Waals surface area contributed by atoms with Gasteiger partial charge in [-0.2, -0.15) is 0 Å². The van der Waals surface area contributed by atoms with Gasteiger partial charge in [0.05, 0.1) is 10.3 Å². The van der Waals surface area contributed by atoms with E-state index in [1.807, 2.05) is 0 Å². The summed E-state index contributed by atoms with van der Waals surface area (Å²) in [5.74, 6) is -4.92. The van der Waals surface area contributed by atoms with Crippen molar-refractivity contribution in [3.8, 4) is 0 Å². The second-order valence-electron chi connectivity index (χ2n) is 3.39. The van der Waals surface area contributed by atoms with Crippen molar-refractivity contribution in [2.24, 2.45) is 0 Å². The molecule has 0 aliphatic rings. The standard InChI is InChI=1S/C8H8BrF2NO5S2/c9-6-5(1-4(18-6)7(14)15)19(16,17)12-2-8(10,11)3-13/h1,12-13H,2-3H2,(H,14,15). The van der Waals surface area contributed by atoms with E-state index in [9.17, 15) is 22.0 Å². The highest BCUT2D eigenvalue weighted by molar-refractivity contribution is 9.11. The lowest BCUT2D eigenvalue weighted by atomic mass is 10.4. The first-order valence-electron chi connectivity index (χ1n) is 4.60. The van der Waals surface area contributed by atoms with Crippen molar-refractivity contribution in [3.05, 3.63) is 14.7 Å². The number of rotatable bonds is 6. The summed E-state index contributed by atoms with van der Waals surface area (Å²) in [7, 11) is -4.29. The minimum absolute atomic E-state index is 0.00952. The molecule has 0 aliphatic carbocycles. The number of alkyl halides is 2. The first-order valence-corrected chi connectivity index (χ1v) is 7.69. The monoisotopic (exact) mass is 379 g/mol. The van der Waals surface area contributed by atoms with Crippen LogP contribution in [0.25, 0.3) is 0 Å². The molecule has 6 nitrogen and oxygen atoms in total. The van der Waals surface area contributed by atoms with Gasteiger partial charge in [-0.1, -0.05) is 0 Å². The quantitative estimate of drug-likeness (QED) is 0.686. The van der Waals surface area contributed by atoms with Crippen LogP contribution in [0, 0.1) is 0 Å². The first-order chi connectivity index (χ1) is 8.59. The van der Waals surface area contributed by atoms with E-state index in [0.717, 1.165) is 6.07 Å². The van der Waals surface area contributed by atoms with Crippen LogP contribution in [0.3, 0.4) is 0 Å². The maximum absolute atomic E-state index is 12.8. The largest absolute Gasteiger partial charge is 0.477 e. The zero-order valence-electron chi connectivity index (χ0n) is 9.06. The molecule has 11 heteroatoms. The Morgan fingerprint density at radius 3 is 2.53 bits per heavy atom. The number of nitrogens with one attached hydrogen (secondary N) is 1. The highest BCUT2D eigenvalue weighted by Crippen LogP contribution is 2.31. The van der Waals surface area contributed by atoms with Crippen molar-refractivity contribution >= 4 is 43.3 Å². The van der Waals surface area contributed by atoms with Crippen molar-refractivity contribution in [3.63, 3.8) is 0 Å². The van der Waals surface area contributed by atoms with E-state index >= 15 is 0 Å². The summed E-state index contributed by atoms with van der Waals surface area (Å²) in [6.07, 6.45) is 0. The molecule has 0 bridgehead atoms. The molecule has 0 aliphatic heterocycles. The molecule has 1 rings (SSSR count). The summed E-state index contributed by atoms with van der Waals surface area (Å²) in [5.41, 5.74) is 0. The number of sulfonamides is 1. The van der Waals surface area contributed by atoms with E-state index in [0.29, 0.717) is 11.3 Å². The molecule has 1 heterocycles. The van der Waals surface area contributed by atoms with E-state index in [1.54, 1.807) is 4.72 Å². The lowest BCUT2D eigenvalue weighted by Crippen LogP contribution is -2.38. The average molecular weight is 380 g/mol. The molecule has 0 unspecified atom stereocenters. The molecule has 0 atom stereocenters. The Hall–Kier alpha value is -0.620. The molecule has 1 aromatic heterocycles. The number of aliphatic hydroxyl groups excluding tert-OH is 1. The minimum Gasteiger partial charge on any atom is -0.477 e. The third-order valence-corrected chi connectivity index (χ3v) is 5.55. The van der Waals surface area contributed by atoms with Gasteiger partial charge in [0.25, 0.3) is 5.92 Å². The lowest BCUT2D eigenvalue weighted by Gasteiger charge is -2.13. The molecule has 3 N–H and O–H groups in total. The summed E-state index contributed by atoms with van der Waals surface area (Å²) in [6, 6.07) is 0.858. The van der Waals surface area contributed by atoms with Crippen molar-refractivity contribution in [1.29, 1.82) is 0 Å². The fourth-order valence-corrected chi connectivity index (χ4v) is 4.44. The Morgan fingerprint density at radius 2 is 2.11 bits per heavy atom. The molecule has 0 amide bonds. The van der Waals surface area contributed by atoms with E-state index in [4.69, 9.17) is 10.2 Å². The number of aromatic carboxylic acids is 1. The number of hydrogen-bond donors (Lipinski definition) is 3. The first kappa shape index (κ1) is 16.4. The number of carbonyl (C=O) groups is 1. The Labute approximate surface area is 119 Å². The Balaban J connectivity index is 2.98. The van der Waals surface area contributed by atoms with Gasteiger partial charge in [-0.15, -0.1) is 11.3 Å². The van der Waals surface area contributed by atoms with Crippen LogP contribution in [0.4, 0.5) is 8.78 Å². The van der Waals surface area contributed by atoms with Crippen molar-refractivity contribution in [2.45, 2.75) is 10.8 Å². The highest BCUT2D eigenvalue weighted by atomic mass is 79.9. The molecular weight excluding hydrogens is 372 g/mol. The molecule has 1 aromatic rings. The van der Waals surface area contributed by atoms with Crippen LogP contribution in [0.15, 0.2) is 14.7 Å². The van der Waals surface area contributed by atoms with E-state index in [-0.39, 0.29) is 8.66 Å². The highest BCUT2D eigenvalue weighted by Gasteiger charge is 2.31. The molecule has 19 heavy (non-hydrogen) atoms. The van der Waals surface area contributed by atoms with Gasteiger partial charge in [0.1, 0.15) is 16.4 Å². The normalized spacial score (nSPS) is 12.6. The summed E-state index contributed by atoms with van der Waals surface area (Å²) in [5, 5.41) is 17.0. The SMILES string of the molecule is O=C(O)c1cc(S(=O)(=O)NCC(F)(F)CO)c(Br)s1. The van der Waals surface area contributed by atoms with Crippen molar-refractivity contribution in [1.82, 2.24) is 4.72 Å². The predicted molar refractivity (Wildman–Crippen MR) is 66.2 cm³/mol. The van der Waals surface area contributed by atoms with E-state index in [2.05, 4.69) is 15.9 Å². The van der Waals surface area contributed by atoms with Gasteiger partial charge in [0.2, 0.25) is 10.0 Å². The maximum atomic E-state index is 12.8. The predicted octanol–water partition coefficient (Wildman–Crippen LogP) is 1.11. The van der Waals surface area contributed by atoms with Crippen LogP contribution in [0.2, 0.25) is 0 Å². The van der Waals surface area contributed by atoms with Crippen LogP contribution < -0.4 is 4.72 Å². The Kier molecular flexibility index (Phi) is 5.01. The van der Waals surface area contributed by atoms with Gasteiger partial charge in [0.15, 0.2) is 0 Å². The number of hydrogen-bond acceptors (Lipinski definition) is 5. The molecule has 0 fully saturated rings. The zero-order valence-corrected chi connectivity index (χ0v) is 12.3. The van der Waals surface area contributed by atoms with Gasteiger partial charge >= 0.3 is 5.97 Å². The second kappa shape index (κ2) is 5.79. The topological polar surface area (TPSA) is 104 Å². The lowest BCUT2D eigenvalue weighted by molar-refractivity contribution is -0.0437. The average Bonchev–Trinajstić information content (AvgIpc) is 2.70. The molecule has 0 radical (unpaired) electrons. The fourth-order valence-electron chi connectivity index (χ4n) is 0.975. The zero-order chi connectivity index (χ0) is 14.8. The third-order valence-electron chi connectivity index (χ3n) is 1.91. The molecule has 0 saturated heterocycles. The number of thiophene rings is 1. The number of halogens is 3. The van der Waals surface area contributed by atoms with Gasteiger partial charge in [0, 0.05) is 0 Å². The Morgan fingerprint density at radius 1 is 1.53 bits per heavy atom. The number of carboxylic acid groups (broad SMARTS) is 1. The molecule has 0 saturated carbocycles. The summed E-state index contributed by atoms with van der Waals surface area (Å²) >= 11 is 3.51. The number of carboxylic acids is 1. The van der Waals surface area contributed by atoms with Gasteiger partial charge in [-0.3, -0.25) is 0 Å². The smallest absolute Gasteiger partial charge is 0.345 e. The molecule has 0 spiro atoms. The minimum atomic E-state index is -4.29. The van der Waals surface area contributed by atoms with Crippen LogP contribution in [0.1, 0.15) is 9.67 Å². The summed E-state index contributed by atoms with van der Waals surface area (Å²) in [4.78, 5) is 9.99. The molecular formula is C8H8BrF2NO5S2. The summed E-state index contributed by atoms with van der Waals surface area (Å²) < 4.78 is 50.5. The molecule has 108 valence electrons. The van der Waals surface area contributed by atoms with E-state index < -0.39 is 40.0 Å². The Bertz CT molecular complexity index is 586. The third kappa shape index (κ3) is 4.18. The second-order valence-corrected chi connectivity index (χ2v) is 7.50. The summed E-state index contributed by atoms with van der Waals surface area (Å²) in [6.45, 7) is -2.78. The van der Waals surface area contributed by atoms with Crippen LogP contribution in [-0.4, -0.2) is 43.7 Å². The van der Waals surface area contributed by atoms with Gasteiger partial charge < -0.3 is 10.2 Å². The van der Waals surface area contributed by atoms with Crippen LogP contribution >= 0.6 is 27.3 Å². The van der Waals surface area contributed by atoms with E-state index in [1.165, 1.54) is 0 Å². The van der Waals surface area contributed by atoms with Crippen molar-refractivity contribution in [2.75, 3.05) is 13.2 Å². The van der Waals surface area contributed by atoms with Gasteiger partial charge in [-0.05, 0) is 22.0 Å². The van der Waals surface area contributed by atoms with Gasteiger partial charge in [-0.25, -0.2) is 26.7 Å². The van der Waals surface area contributed by atoms with Crippen LogP contribution in [0.5, 0.6) is 0 Å². The van der Waals surface area contributed by atoms with Crippen LogP contribution in [-0.2, 0) is 10.0 Å². The maximum Gasteiger partial charge on any atom is 0.345 e. The number of aliphatic hydroxyl groups is 1. The van der Waals surface area contributed by atoms with Crippen molar-refractivity contribution < 1.29 is 32.2 Å².